The zero-order valence-electron chi connectivity index (χ0n) is 22.7. The van der Waals surface area contributed by atoms with Crippen molar-refractivity contribution in [3.8, 4) is 17.1 Å². The van der Waals surface area contributed by atoms with Gasteiger partial charge in [-0.25, -0.2) is 19.4 Å². The topological polar surface area (TPSA) is 276 Å². The number of carboxylic acid groups (broad SMARTS) is 1. The molecule has 0 aliphatic carbocycles. The molecule has 0 aliphatic rings. The van der Waals surface area contributed by atoms with E-state index in [4.69, 9.17) is 27.1 Å². The van der Waals surface area contributed by atoms with Gasteiger partial charge in [-0.2, -0.15) is 0 Å². The first kappa shape index (κ1) is 31.6. The summed E-state index contributed by atoms with van der Waals surface area (Å²) in [6.45, 7) is 0.952. The number of H-pyrrole nitrogens is 1. The van der Waals surface area contributed by atoms with Gasteiger partial charge in [0.25, 0.3) is 5.88 Å². The summed E-state index contributed by atoms with van der Waals surface area (Å²) >= 11 is 0. The number of hydrogen-bond donors (Lipinski definition) is 6. The number of carbonyl (C=O) groups is 5. The third-order valence-electron chi connectivity index (χ3n) is 5.80. The number of amides is 1. The summed E-state index contributed by atoms with van der Waals surface area (Å²) in [6.07, 6.45) is -0.823. The SMILES string of the molecule is COC(=O)c1ccc(-c2[nH]c(=O)n(OC(=O)[C@H](C(C)=O)N(C(=O)[C@@H](N)CC(=O)O)c3ccccc3)c2O)c(N=C(N)N)c1. The second-order valence-corrected chi connectivity index (χ2v) is 8.85. The molecule has 3 rings (SSSR count). The predicted molar refractivity (Wildman–Crippen MR) is 149 cm³/mol. The number of nitrogens with zero attached hydrogens (tertiary/aromatic N) is 3. The molecule has 17 nitrogen and oxygen atoms in total. The summed E-state index contributed by atoms with van der Waals surface area (Å²) in [4.78, 5) is 87.1. The Morgan fingerprint density at radius 3 is 2.30 bits per heavy atom. The average Bonchev–Trinajstić information content (AvgIpc) is 3.22. The van der Waals surface area contributed by atoms with E-state index in [1.54, 1.807) is 6.07 Å². The summed E-state index contributed by atoms with van der Waals surface area (Å²) in [5.41, 5.74) is 15.1. The van der Waals surface area contributed by atoms with Crippen LogP contribution in [0.1, 0.15) is 23.7 Å². The van der Waals surface area contributed by atoms with Gasteiger partial charge in [0, 0.05) is 11.3 Å². The second-order valence-electron chi connectivity index (χ2n) is 8.85. The molecule has 0 aliphatic heterocycles. The number of aromatic nitrogens is 2. The number of benzene rings is 2. The number of nitrogens with two attached hydrogens (primary N) is 3. The van der Waals surface area contributed by atoms with Crippen LogP contribution in [0.15, 0.2) is 58.3 Å². The molecule has 0 fully saturated rings. The minimum absolute atomic E-state index is 0.00983. The number of aromatic amines is 1. The van der Waals surface area contributed by atoms with Crippen LogP contribution in [0.5, 0.6) is 5.88 Å². The molecule has 1 aromatic heterocycles. The number of ketones is 1. The summed E-state index contributed by atoms with van der Waals surface area (Å²) in [6, 6.07) is 7.29. The molecule has 1 amide bonds. The summed E-state index contributed by atoms with van der Waals surface area (Å²) in [5, 5.41) is 20.0. The zero-order chi connectivity index (χ0) is 32.0. The molecule has 0 saturated heterocycles. The van der Waals surface area contributed by atoms with Gasteiger partial charge in [0.15, 0.2) is 17.8 Å². The number of carboxylic acids is 1. The summed E-state index contributed by atoms with van der Waals surface area (Å²) in [7, 11) is 1.15. The van der Waals surface area contributed by atoms with E-state index in [1.807, 2.05) is 0 Å². The number of para-hydroxylation sites is 1. The first-order chi connectivity index (χ1) is 20.3. The zero-order valence-corrected chi connectivity index (χ0v) is 22.7. The fraction of sp³-hybridized carbons (Fsp3) is 0.192. The molecule has 0 bridgehead atoms. The van der Waals surface area contributed by atoms with Gasteiger partial charge in [-0.1, -0.05) is 22.9 Å². The number of hydrogen-bond acceptors (Lipinski definition) is 11. The highest BCUT2D eigenvalue weighted by Crippen LogP contribution is 2.34. The summed E-state index contributed by atoms with van der Waals surface area (Å²) < 4.78 is 4.78. The predicted octanol–water partition coefficient (Wildman–Crippen LogP) is -1.01. The number of rotatable bonds is 11. The number of aliphatic carboxylic acids is 1. The molecule has 2 atom stereocenters. The lowest BCUT2D eigenvalue weighted by molar-refractivity contribution is -0.150. The lowest BCUT2D eigenvalue weighted by Gasteiger charge is -2.30. The Kier molecular flexibility index (Phi) is 9.64. The molecule has 226 valence electrons. The smallest absolute Gasteiger partial charge is 0.363 e. The van der Waals surface area contributed by atoms with Crippen molar-refractivity contribution in [3.05, 3.63) is 64.6 Å². The highest BCUT2D eigenvalue weighted by Gasteiger charge is 2.40. The van der Waals surface area contributed by atoms with Gasteiger partial charge in [-0.15, -0.1) is 0 Å². The molecule has 0 spiro atoms. The van der Waals surface area contributed by atoms with E-state index in [0.717, 1.165) is 14.0 Å². The number of ether oxygens (including phenoxy) is 1. The molecule has 0 radical (unpaired) electrons. The minimum atomic E-state index is -2.06. The van der Waals surface area contributed by atoms with Crippen molar-refractivity contribution in [3.63, 3.8) is 0 Å². The third kappa shape index (κ3) is 7.03. The lowest BCUT2D eigenvalue weighted by Crippen LogP contribution is -2.57. The standard InChI is InChI=1S/C26H27N7O10/c1-12(34)20(32(14-6-4-3-5-7-14)21(37)16(27)11-18(35)36)24(40)43-33-22(38)19(31-26(33)41)15-9-8-13(23(39)42-2)10-17(15)30-25(28)29/h3-10,16,20,38H,11,27H2,1-2H3,(H,31,41)(H,35,36)(H4,28,29,30)/t16-,20-/m0/s1. The Bertz CT molecular complexity index is 1660. The highest BCUT2D eigenvalue weighted by atomic mass is 16.7. The fourth-order valence-corrected chi connectivity index (χ4v) is 3.94. The van der Waals surface area contributed by atoms with Gasteiger partial charge in [-0.3, -0.25) is 24.3 Å². The number of aliphatic imine (C=N–C) groups is 1. The van der Waals surface area contributed by atoms with Gasteiger partial charge >= 0.3 is 23.6 Å². The van der Waals surface area contributed by atoms with Crippen LogP contribution in [0, 0.1) is 0 Å². The van der Waals surface area contributed by atoms with E-state index in [2.05, 4.69) is 14.7 Å². The first-order valence-electron chi connectivity index (χ1n) is 12.2. The Balaban J connectivity index is 2.08. The van der Waals surface area contributed by atoms with Crippen molar-refractivity contribution in [1.29, 1.82) is 0 Å². The molecule has 0 saturated carbocycles. The van der Waals surface area contributed by atoms with Gasteiger partial charge in [0.05, 0.1) is 30.8 Å². The molecule has 0 unspecified atom stereocenters. The molecule has 17 heteroatoms. The van der Waals surface area contributed by atoms with Crippen LogP contribution in [-0.2, 0) is 23.9 Å². The van der Waals surface area contributed by atoms with Crippen molar-refractivity contribution in [1.82, 2.24) is 9.71 Å². The Labute approximate surface area is 242 Å². The number of Topliss-reactive ketones (excluding diaryl/α,β-unsaturated/α-hetero) is 1. The monoisotopic (exact) mass is 597 g/mol. The van der Waals surface area contributed by atoms with E-state index in [1.165, 1.54) is 42.5 Å². The van der Waals surface area contributed by atoms with Crippen LogP contribution < -0.4 is 32.6 Å². The largest absolute Gasteiger partial charge is 0.491 e. The summed E-state index contributed by atoms with van der Waals surface area (Å²) in [5.74, 6) is -7.11. The van der Waals surface area contributed by atoms with Crippen molar-refractivity contribution < 1.29 is 43.8 Å². The lowest BCUT2D eigenvalue weighted by atomic mass is 10.1. The number of aromatic hydroxyl groups is 1. The van der Waals surface area contributed by atoms with Crippen LogP contribution in [0.25, 0.3) is 11.3 Å². The molecule has 2 aromatic carbocycles. The van der Waals surface area contributed by atoms with Crippen LogP contribution in [-0.4, -0.2) is 74.7 Å². The quantitative estimate of drug-likeness (QED) is 0.0669. The normalized spacial score (nSPS) is 12.0. The van der Waals surface area contributed by atoms with Crippen molar-refractivity contribution in [2.75, 3.05) is 12.0 Å². The van der Waals surface area contributed by atoms with Crippen LogP contribution in [0.2, 0.25) is 0 Å². The van der Waals surface area contributed by atoms with Crippen molar-refractivity contribution >= 4 is 46.9 Å². The van der Waals surface area contributed by atoms with E-state index in [0.29, 0.717) is 4.90 Å². The maximum atomic E-state index is 13.3. The molecule has 43 heavy (non-hydrogen) atoms. The number of carbonyl (C=O) groups excluding carboxylic acids is 4. The third-order valence-corrected chi connectivity index (χ3v) is 5.80. The van der Waals surface area contributed by atoms with Crippen LogP contribution >= 0.6 is 0 Å². The van der Waals surface area contributed by atoms with E-state index < -0.39 is 65.6 Å². The van der Waals surface area contributed by atoms with Gasteiger partial charge < -0.3 is 37.0 Å². The average molecular weight is 598 g/mol. The van der Waals surface area contributed by atoms with Gasteiger partial charge in [0.2, 0.25) is 5.91 Å². The number of guanidine groups is 1. The maximum absolute atomic E-state index is 13.3. The van der Waals surface area contributed by atoms with E-state index in [-0.39, 0.29) is 32.9 Å². The molecular formula is C26H27N7O10. The maximum Gasteiger partial charge on any atom is 0.363 e. The molecular weight excluding hydrogens is 570 g/mol. The van der Waals surface area contributed by atoms with Crippen molar-refractivity contribution in [2.24, 2.45) is 22.2 Å². The van der Waals surface area contributed by atoms with Crippen molar-refractivity contribution in [2.45, 2.75) is 25.4 Å². The Hall–Kier alpha value is -5.97. The minimum Gasteiger partial charge on any atom is -0.491 e. The van der Waals surface area contributed by atoms with Gasteiger partial charge in [0.1, 0.15) is 5.69 Å². The van der Waals surface area contributed by atoms with E-state index >= 15 is 0 Å². The molecule has 1 heterocycles. The van der Waals surface area contributed by atoms with Crippen LogP contribution in [0.4, 0.5) is 11.4 Å². The Morgan fingerprint density at radius 2 is 1.74 bits per heavy atom. The number of esters is 1. The second kappa shape index (κ2) is 13.1. The first-order valence-corrected chi connectivity index (χ1v) is 12.2. The number of methoxy groups -OCH3 is 1. The fourth-order valence-electron chi connectivity index (χ4n) is 3.94. The molecule has 3 aromatic rings. The molecule has 9 N–H and O–H groups in total. The number of nitrogens with one attached hydrogen (secondary N) is 1. The van der Waals surface area contributed by atoms with E-state index in [9.17, 15) is 33.9 Å². The van der Waals surface area contributed by atoms with Crippen LogP contribution in [0.3, 0.4) is 0 Å². The number of anilines is 1. The highest BCUT2D eigenvalue weighted by molar-refractivity contribution is 6.13. The Morgan fingerprint density at radius 1 is 1.09 bits per heavy atom. The number of imidazole rings is 1. The van der Waals surface area contributed by atoms with Gasteiger partial charge in [-0.05, 0) is 37.3 Å².